The first-order valence-electron chi connectivity index (χ1n) is 8.71. The highest BCUT2D eigenvalue weighted by atomic mass is 16.6. The lowest BCUT2D eigenvalue weighted by atomic mass is 9.98. The minimum absolute atomic E-state index is 0.0130. The molecule has 0 unspecified atom stereocenters. The number of benzene rings is 2. The van der Waals surface area contributed by atoms with Gasteiger partial charge in [-0.15, -0.1) is 0 Å². The highest BCUT2D eigenvalue weighted by molar-refractivity contribution is 6.39. The van der Waals surface area contributed by atoms with Gasteiger partial charge in [0.15, 0.2) is 11.6 Å². The molecular formula is C22H20O6. The van der Waals surface area contributed by atoms with Crippen LogP contribution in [0, 0.1) is 0 Å². The lowest BCUT2D eigenvalue weighted by Gasteiger charge is -2.05. The Kier molecular flexibility index (Phi) is 6.38. The largest absolute Gasteiger partial charge is 0.400 e. The molecule has 0 saturated carbocycles. The van der Waals surface area contributed by atoms with Gasteiger partial charge in [0.25, 0.3) is 0 Å². The molecule has 0 saturated heterocycles. The minimum Gasteiger partial charge on any atom is -0.400 e. The molecule has 0 aromatic heterocycles. The SMILES string of the molecule is C=C1C(=O)c2ccc(Cc3ccc4c(c3)C(=O)OC4=O)cc2C1=O.CC.CO. The van der Waals surface area contributed by atoms with Gasteiger partial charge in [-0.25, -0.2) is 9.59 Å². The van der Waals surface area contributed by atoms with Crippen LogP contribution >= 0.6 is 0 Å². The van der Waals surface area contributed by atoms with Crippen LogP contribution in [0.15, 0.2) is 48.6 Å². The lowest BCUT2D eigenvalue weighted by molar-refractivity contribution is 0.0443. The molecule has 28 heavy (non-hydrogen) atoms. The summed E-state index contributed by atoms with van der Waals surface area (Å²) in [6.45, 7) is 7.52. The maximum absolute atomic E-state index is 12.0. The molecule has 4 rings (SSSR count). The van der Waals surface area contributed by atoms with Crippen molar-refractivity contribution in [1.82, 2.24) is 0 Å². The summed E-state index contributed by atoms with van der Waals surface area (Å²) in [6.07, 6.45) is 0.454. The molecule has 1 aliphatic carbocycles. The van der Waals surface area contributed by atoms with Crippen LogP contribution in [-0.2, 0) is 11.2 Å². The molecule has 1 aliphatic heterocycles. The Balaban J connectivity index is 0.000000660. The molecule has 1 heterocycles. The van der Waals surface area contributed by atoms with Gasteiger partial charge < -0.3 is 9.84 Å². The Hall–Kier alpha value is -3.38. The van der Waals surface area contributed by atoms with E-state index in [0.29, 0.717) is 17.5 Å². The molecule has 144 valence electrons. The van der Waals surface area contributed by atoms with E-state index < -0.39 is 11.9 Å². The Morgan fingerprint density at radius 1 is 0.750 bits per heavy atom. The Morgan fingerprint density at radius 3 is 1.82 bits per heavy atom. The summed E-state index contributed by atoms with van der Waals surface area (Å²) >= 11 is 0. The molecule has 0 bridgehead atoms. The summed E-state index contributed by atoms with van der Waals surface area (Å²) in [6, 6.07) is 9.96. The van der Waals surface area contributed by atoms with Crippen molar-refractivity contribution in [3.63, 3.8) is 0 Å². The summed E-state index contributed by atoms with van der Waals surface area (Å²) in [5.41, 5.74) is 2.85. The van der Waals surface area contributed by atoms with Crippen LogP contribution in [0.1, 0.15) is 66.4 Å². The van der Waals surface area contributed by atoms with Gasteiger partial charge in [-0.3, -0.25) is 9.59 Å². The van der Waals surface area contributed by atoms with E-state index in [1.165, 1.54) is 0 Å². The number of rotatable bonds is 2. The molecule has 0 radical (unpaired) electrons. The number of ketones is 2. The number of Topliss-reactive ketones (excluding diaryl/α,β-unsaturated/α-hetero) is 2. The number of hydrogen-bond acceptors (Lipinski definition) is 6. The Labute approximate surface area is 162 Å². The fourth-order valence-corrected chi connectivity index (χ4v) is 2.99. The van der Waals surface area contributed by atoms with E-state index in [4.69, 9.17) is 5.11 Å². The number of allylic oxidation sites excluding steroid dienone is 1. The van der Waals surface area contributed by atoms with Gasteiger partial charge in [0.05, 0.1) is 16.7 Å². The minimum atomic E-state index is -0.650. The quantitative estimate of drug-likeness (QED) is 0.372. The lowest BCUT2D eigenvalue weighted by Crippen LogP contribution is -1.98. The van der Waals surface area contributed by atoms with Gasteiger partial charge in [-0.1, -0.05) is 38.6 Å². The highest BCUT2D eigenvalue weighted by Crippen LogP contribution is 2.28. The number of ether oxygens (including phenoxy) is 1. The maximum atomic E-state index is 12.0. The third kappa shape index (κ3) is 3.54. The van der Waals surface area contributed by atoms with E-state index in [0.717, 1.165) is 18.2 Å². The number of aliphatic hydroxyl groups is 1. The van der Waals surface area contributed by atoms with Crippen LogP contribution in [-0.4, -0.2) is 35.7 Å². The van der Waals surface area contributed by atoms with Crippen LogP contribution < -0.4 is 0 Å². The molecule has 2 aromatic rings. The number of carbonyl (C=O) groups excluding carboxylic acids is 4. The van der Waals surface area contributed by atoms with Gasteiger partial charge in [0.2, 0.25) is 0 Å². The predicted octanol–water partition coefficient (Wildman–Crippen LogP) is 3.16. The summed E-state index contributed by atoms with van der Waals surface area (Å²) in [4.78, 5) is 47.0. The van der Waals surface area contributed by atoms with Gasteiger partial charge in [-0.2, -0.15) is 0 Å². The smallest absolute Gasteiger partial charge is 0.346 e. The van der Waals surface area contributed by atoms with Crippen molar-refractivity contribution in [3.8, 4) is 0 Å². The summed E-state index contributed by atoms with van der Waals surface area (Å²) in [5, 5.41) is 7.00. The molecule has 0 amide bonds. The van der Waals surface area contributed by atoms with Crippen molar-refractivity contribution >= 4 is 23.5 Å². The van der Waals surface area contributed by atoms with Gasteiger partial charge in [0.1, 0.15) is 0 Å². The molecule has 6 heteroatoms. The average molecular weight is 380 g/mol. The highest BCUT2D eigenvalue weighted by Gasteiger charge is 2.32. The van der Waals surface area contributed by atoms with E-state index in [1.54, 1.807) is 36.4 Å². The number of fused-ring (bicyclic) bond motifs is 2. The molecule has 2 aliphatic rings. The van der Waals surface area contributed by atoms with E-state index >= 15 is 0 Å². The monoisotopic (exact) mass is 380 g/mol. The molecule has 0 spiro atoms. The third-order valence-corrected chi connectivity index (χ3v) is 4.24. The van der Waals surface area contributed by atoms with Crippen molar-refractivity contribution in [2.45, 2.75) is 20.3 Å². The number of esters is 2. The van der Waals surface area contributed by atoms with Crippen molar-refractivity contribution in [1.29, 1.82) is 0 Å². The molecule has 1 N–H and O–H groups in total. The zero-order valence-electron chi connectivity index (χ0n) is 15.9. The first-order valence-corrected chi connectivity index (χ1v) is 8.71. The zero-order chi connectivity index (χ0) is 21.0. The fourth-order valence-electron chi connectivity index (χ4n) is 2.99. The van der Waals surface area contributed by atoms with Crippen molar-refractivity contribution in [2.24, 2.45) is 0 Å². The van der Waals surface area contributed by atoms with Gasteiger partial charge in [0, 0.05) is 18.2 Å². The van der Waals surface area contributed by atoms with Crippen LogP contribution in [0.3, 0.4) is 0 Å². The Bertz CT molecular complexity index is 1000. The fraction of sp³-hybridized carbons (Fsp3) is 0.182. The van der Waals surface area contributed by atoms with Crippen LogP contribution in [0.2, 0.25) is 0 Å². The third-order valence-electron chi connectivity index (χ3n) is 4.24. The van der Waals surface area contributed by atoms with Crippen LogP contribution in [0.5, 0.6) is 0 Å². The summed E-state index contributed by atoms with van der Waals surface area (Å²) < 4.78 is 4.57. The molecule has 2 aromatic carbocycles. The molecule has 6 nitrogen and oxygen atoms in total. The molecule has 0 atom stereocenters. The second kappa shape index (κ2) is 8.54. The topological polar surface area (TPSA) is 97.7 Å². The zero-order valence-corrected chi connectivity index (χ0v) is 15.9. The predicted molar refractivity (Wildman–Crippen MR) is 103 cm³/mol. The first kappa shape index (κ1) is 20.9. The number of aliphatic hydroxyl groups excluding tert-OH is 1. The van der Waals surface area contributed by atoms with E-state index in [2.05, 4.69) is 11.3 Å². The second-order valence-electron chi connectivity index (χ2n) is 5.75. The maximum Gasteiger partial charge on any atom is 0.346 e. The number of cyclic esters (lactones) is 2. The standard InChI is InChI=1S/C19H10O5.C2H6.CH4O/c1-9-16(20)12-4-2-10(7-14(12)17(9)21)6-11-3-5-13-15(8-11)19(23)24-18(13)22;2*1-2/h2-5,7-8H,1,6H2;1-2H3;2H,1H3. The van der Waals surface area contributed by atoms with Crippen molar-refractivity contribution in [2.75, 3.05) is 7.11 Å². The van der Waals surface area contributed by atoms with E-state index in [1.807, 2.05) is 13.8 Å². The summed E-state index contributed by atoms with van der Waals surface area (Å²) in [7, 11) is 1.00. The Morgan fingerprint density at radius 2 is 1.21 bits per heavy atom. The second-order valence-corrected chi connectivity index (χ2v) is 5.75. The van der Waals surface area contributed by atoms with Crippen molar-refractivity contribution in [3.05, 3.63) is 81.9 Å². The van der Waals surface area contributed by atoms with Crippen LogP contribution in [0.25, 0.3) is 0 Å². The summed E-state index contributed by atoms with van der Waals surface area (Å²) in [5.74, 6) is -1.97. The molecule has 0 fully saturated rings. The van der Waals surface area contributed by atoms with Crippen LogP contribution in [0.4, 0.5) is 0 Å². The van der Waals surface area contributed by atoms with E-state index in [9.17, 15) is 19.2 Å². The average Bonchev–Trinajstić information content (AvgIpc) is 3.13. The number of carbonyl (C=O) groups is 4. The van der Waals surface area contributed by atoms with Gasteiger partial charge >= 0.3 is 11.9 Å². The van der Waals surface area contributed by atoms with Crippen molar-refractivity contribution < 1.29 is 29.0 Å². The van der Waals surface area contributed by atoms with Gasteiger partial charge in [-0.05, 0) is 35.7 Å². The molecular weight excluding hydrogens is 360 g/mol. The first-order chi connectivity index (χ1) is 13.5. The number of hydrogen-bond donors (Lipinski definition) is 1. The normalized spacial score (nSPS) is 13.8. The van der Waals surface area contributed by atoms with E-state index in [-0.39, 0.29) is 28.3 Å².